The Morgan fingerprint density at radius 1 is 0.343 bits per heavy atom. The number of hydrogen-bond acceptors (Lipinski definition) is 2. The minimum atomic E-state index is -5.22. The van der Waals surface area contributed by atoms with E-state index in [-0.39, 0.29) is 56.8 Å². The molecule has 10 rings (SSSR count). The van der Waals surface area contributed by atoms with Gasteiger partial charge in [-0.3, -0.25) is 0 Å². The summed E-state index contributed by atoms with van der Waals surface area (Å²) in [5, 5.41) is 22.8. The third-order valence-electron chi connectivity index (χ3n) is 12.3. The molecule has 0 atom stereocenters. The summed E-state index contributed by atoms with van der Waals surface area (Å²) in [5.41, 5.74) is -4.49. The van der Waals surface area contributed by atoms with Crippen molar-refractivity contribution in [2.45, 2.75) is 24.7 Å². The maximum atomic E-state index is 14.7. The molecule has 0 saturated carbocycles. The van der Waals surface area contributed by atoms with Crippen molar-refractivity contribution in [3.8, 4) is 56.9 Å². The Morgan fingerprint density at radius 3 is 1.23 bits per heavy atom. The van der Waals surface area contributed by atoms with E-state index in [0.717, 1.165) is 12.1 Å². The van der Waals surface area contributed by atoms with Crippen molar-refractivity contribution in [3.63, 3.8) is 0 Å². The van der Waals surface area contributed by atoms with Crippen LogP contribution in [0.25, 0.3) is 88.4 Å². The average Bonchev–Trinajstić information content (AvgIpc) is 3.84. The summed E-state index contributed by atoms with van der Waals surface area (Å²) in [5.74, 6) is 0. The Balaban J connectivity index is 1.33. The molecule has 10 aromatic rings. The molecule has 0 N–H and O–H groups in total. The molecule has 8 aromatic carbocycles. The number of rotatable bonds is 5. The zero-order chi connectivity index (χ0) is 49.7. The summed E-state index contributed by atoms with van der Waals surface area (Å²) in [4.78, 5) is 0. The molecule has 0 amide bonds. The van der Waals surface area contributed by atoms with Crippen LogP contribution in [0.15, 0.2) is 158 Å². The third-order valence-corrected chi connectivity index (χ3v) is 12.3. The van der Waals surface area contributed by atoms with Crippen molar-refractivity contribution in [2.24, 2.45) is 0 Å². The lowest BCUT2D eigenvalue weighted by molar-refractivity contribution is -0.144. The number of halogens is 12. The highest BCUT2D eigenvalue weighted by molar-refractivity contribution is 6.13. The van der Waals surface area contributed by atoms with Crippen molar-refractivity contribution in [3.05, 3.63) is 191 Å². The summed E-state index contributed by atoms with van der Waals surface area (Å²) in [6, 6.07) is 38.8. The van der Waals surface area contributed by atoms with Crippen molar-refractivity contribution in [1.29, 1.82) is 10.5 Å². The normalized spacial score (nSPS) is 12.5. The molecule has 4 nitrogen and oxygen atoms in total. The van der Waals surface area contributed by atoms with E-state index in [4.69, 9.17) is 0 Å². The molecule has 0 aliphatic heterocycles. The number of para-hydroxylation sites is 2. The van der Waals surface area contributed by atoms with E-state index in [1.807, 2.05) is 0 Å². The molecule has 0 aliphatic rings. The second-order valence-electron chi connectivity index (χ2n) is 16.4. The van der Waals surface area contributed by atoms with Gasteiger partial charge in [-0.2, -0.15) is 63.2 Å². The molecule has 2 aromatic heterocycles. The standard InChI is InChI=1S/C54H26F12N4/c55-51(56,57)34-14-18-36(43(24-34)53(61,62)63)31-12-16-40-38-8-1-3-10-45(38)69(47(40)21-31)49-23-33(28-68)42(30-7-5-6-29(20-30)27-67)26-50(49)70-46-11-4-2-9-39(46)41-17-13-32(22-48(41)70)37-19-15-35(52(58,59)60)25-44(37)54(64,65)66/h1-26H. The Labute approximate surface area is 387 Å². The molecule has 0 radical (unpaired) electrons. The van der Waals surface area contributed by atoms with Gasteiger partial charge < -0.3 is 9.13 Å². The van der Waals surface area contributed by atoms with Gasteiger partial charge in [0.25, 0.3) is 0 Å². The highest BCUT2D eigenvalue weighted by Gasteiger charge is 2.40. The first kappa shape index (κ1) is 45.3. The number of fused-ring (bicyclic) bond motifs is 6. The minimum absolute atomic E-state index is 0.0469. The predicted molar refractivity (Wildman–Crippen MR) is 241 cm³/mol. The SMILES string of the molecule is N#Cc1cccc(-c2cc(-n3c4ccccc4c4ccc(-c5ccc(C(F)(F)F)cc5C(F)(F)F)cc43)c(-n3c4ccccc4c4ccc(-c5ccc(C(F)(F)F)cc5C(F)(F)F)cc43)cc2C#N)c1. The van der Waals surface area contributed by atoms with Gasteiger partial charge in [0.15, 0.2) is 0 Å². The Kier molecular flexibility index (Phi) is 10.4. The molecule has 0 fully saturated rings. The molecule has 0 spiro atoms. The third kappa shape index (κ3) is 7.62. The largest absolute Gasteiger partial charge is 0.417 e. The van der Waals surface area contributed by atoms with E-state index in [2.05, 4.69) is 12.1 Å². The number of benzene rings is 8. The summed E-state index contributed by atoms with van der Waals surface area (Å²) in [7, 11) is 0. The monoisotopic (exact) mass is 958 g/mol. The van der Waals surface area contributed by atoms with E-state index in [0.29, 0.717) is 55.8 Å². The lowest BCUT2D eigenvalue weighted by atomic mass is 9.95. The smallest absolute Gasteiger partial charge is 0.307 e. The minimum Gasteiger partial charge on any atom is -0.307 e. The molecule has 0 aliphatic carbocycles. The van der Waals surface area contributed by atoms with Crippen LogP contribution in [0.3, 0.4) is 0 Å². The quantitative estimate of drug-likeness (QED) is 0.161. The fourth-order valence-corrected chi connectivity index (χ4v) is 9.23. The lowest BCUT2D eigenvalue weighted by Crippen LogP contribution is -2.12. The summed E-state index contributed by atoms with van der Waals surface area (Å²) >= 11 is 0. The maximum Gasteiger partial charge on any atom is 0.417 e. The Hall–Kier alpha value is -8.50. The fraction of sp³-hybridized carbons (Fsp3) is 0.0741. The van der Waals surface area contributed by atoms with Gasteiger partial charge in [0.2, 0.25) is 0 Å². The zero-order valence-electron chi connectivity index (χ0n) is 35.3. The van der Waals surface area contributed by atoms with Gasteiger partial charge >= 0.3 is 24.7 Å². The van der Waals surface area contributed by atoms with Gasteiger partial charge in [0.05, 0.1) is 79.0 Å². The molecule has 0 bridgehead atoms. The summed E-state index contributed by atoms with van der Waals surface area (Å²) in [6.45, 7) is 0. The molecule has 0 saturated heterocycles. The molecule has 0 unspecified atom stereocenters. The van der Waals surface area contributed by atoms with Crippen LogP contribution in [-0.2, 0) is 24.7 Å². The van der Waals surface area contributed by atoms with Crippen LogP contribution < -0.4 is 0 Å². The Bertz CT molecular complexity index is 3870. The van der Waals surface area contributed by atoms with Crippen LogP contribution >= 0.6 is 0 Å². The molecule has 346 valence electrons. The first-order chi connectivity index (χ1) is 33.1. The van der Waals surface area contributed by atoms with Gasteiger partial charge in [0, 0.05) is 27.1 Å². The second-order valence-corrected chi connectivity index (χ2v) is 16.4. The first-order valence-corrected chi connectivity index (χ1v) is 20.9. The topological polar surface area (TPSA) is 57.4 Å². The van der Waals surface area contributed by atoms with Crippen molar-refractivity contribution in [1.82, 2.24) is 9.13 Å². The summed E-state index contributed by atoms with van der Waals surface area (Å²) in [6.07, 6.45) is -20.6. The highest BCUT2D eigenvalue weighted by atomic mass is 19.4. The van der Waals surface area contributed by atoms with Crippen molar-refractivity contribution < 1.29 is 52.7 Å². The number of hydrogen-bond donors (Lipinski definition) is 0. The van der Waals surface area contributed by atoms with Gasteiger partial charge in [0.1, 0.15) is 0 Å². The van der Waals surface area contributed by atoms with Gasteiger partial charge in [-0.25, -0.2) is 0 Å². The number of aromatic nitrogens is 2. The van der Waals surface area contributed by atoms with E-state index in [1.54, 1.807) is 88.0 Å². The number of nitrogens with zero attached hydrogens (tertiary/aromatic N) is 4. The number of alkyl halides is 12. The van der Waals surface area contributed by atoms with Gasteiger partial charge in [-0.05, 0) is 101 Å². The van der Waals surface area contributed by atoms with E-state index in [1.165, 1.54) is 42.5 Å². The van der Waals surface area contributed by atoms with Crippen molar-refractivity contribution in [2.75, 3.05) is 0 Å². The molecule has 70 heavy (non-hydrogen) atoms. The number of nitriles is 2. The van der Waals surface area contributed by atoms with Crippen molar-refractivity contribution >= 4 is 43.6 Å². The zero-order valence-corrected chi connectivity index (χ0v) is 35.3. The van der Waals surface area contributed by atoms with Crippen LogP contribution in [0.4, 0.5) is 52.7 Å². The van der Waals surface area contributed by atoms with Crippen LogP contribution in [-0.4, -0.2) is 9.13 Å². The van der Waals surface area contributed by atoms with E-state index in [9.17, 15) is 63.2 Å². The fourth-order valence-electron chi connectivity index (χ4n) is 9.23. The maximum absolute atomic E-state index is 14.7. The predicted octanol–water partition coefficient (Wildman–Crippen LogP) is 16.7. The molecular formula is C54H26F12N4. The van der Waals surface area contributed by atoms with Gasteiger partial charge in [-0.15, -0.1) is 0 Å². The summed E-state index contributed by atoms with van der Waals surface area (Å²) < 4.78 is 174. The van der Waals surface area contributed by atoms with Gasteiger partial charge in [-0.1, -0.05) is 84.9 Å². The van der Waals surface area contributed by atoms with Crippen LogP contribution in [0, 0.1) is 22.7 Å². The average molecular weight is 959 g/mol. The Morgan fingerprint density at radius 2 is 0.786 bits per heavy atom. The van der Waals surface area contributed by atoms with E-state index < -0.39 is 58.1 Å². The second kappa shape index (κ2) is 16.1. The lowest BCUT2D eigenvalue weighted by Gasteiger charge is -2.20. The van der Waals surface area contributed by atoms with Crippen LogP contribution in [0.1, 0.15) is 33.4 Å². The molecule has 16 heteroatoms. The first-order valence-electron chi connectivity index (χ1n) is 20.9. The molecule has 2 heterocycles. The van der Waals surface area contributed by atoms with Crippen LogP contribution in [0.5, 0.6) is 0 Å². The van der Waals surface area contributed by atoms with Crippen LogP contribution in [0.2, 0.25) is 0 Å². The highest BCUT2D eigenvalue weighted by Crippen LogP contribution is 2.47. The molecular weight excluding hydrogens is 933 g/mol. The van der Waals surface area contributed by atoms with E-state index >= 15 is 0 Å².